The van der Waals surface area contributed by atoms with E-state index in [1.807, 2.05) is 19.1 Å². The fourth-order valence-corrected chi connectivity index (χ4v) is 3.94. The Morgan fingerprint density at radius 3 is 3.24 bits per heavy atom. The molecule has 21 heavy (non-hydrogen) atoms. The smallest absolute Gasteiger partial charge is 0.137 e. The number of fused-ring (bicyclic) bond motifs is 3. The molecule has 2 fully saturated rings. The first-order valence-corrected chi connectivity index (χ1v) is 7.98. The molecule has 2 aromatic heterocycles. The molecule has 0 radical (unpaired) electrons. The minimum absolute atomic E-state index is 0.452. The van der Waals surface area contributed by atoms with Crippen molar-refractivity contribution < 1.29 is 4.42 Å². The fourth-order valence-electron chi connectivity index (χ4n) is 3.67. The Labute approximate surface area is 129 Å². The van der Waals surface area contributed by atoms with Crippen molar-refractivity contribution in [3.05, 3.63) is 29.8 Å². The summed E-state index contributed by atoms with van der Waals surface area (Å²) >= 11 is 5.56. The van der Waals surface area contributed by atoms with Crippen LogP contribution in [0.4, 0.5) is 0 Å². The van der Waals surface area contributed by atoms with Crippen LogP contribution in [0.3, 0.4) is 0 Å². The minimum Gasteiger partial charge on any atom is -0.464 e. The molecule has 1 unspecified atom stereocenters. The van der Waals surface area contributed by atoms with Crippen LogP contribution in [0.1, 0.15) is 24.2 Å². The van der Waals surface area contributed by atoms with Gasteiger partial charge in [0.2, 0.25) is 0 Å². The Kier molecular flexibility index (Phi) is 3.19. The van der Waals surface area contributed by atoms with Crippen molar-refractivity contribution in [1.29, 1.82) is 0 Å². The number of piperidine rings is 1. The number of rotatable bonds is 2. The van der Waals surface area contributed by atoms with E-state index in [1.165, 1.54) is 25.9 Å². The maximum Gasteiger partial charge on any atom is 0.137 e. The summed E-state index contributed by atoms with van der Waals surface area (Å²) in [5.74, 6) is 0.835. The van der Waals surface area contributed by atoms with Crippen LogP contribution in [0.2, 0.25) is 0 Å². The van der Waals surface area contributed by atoms with Gasteiger partial charge in [-0.2, -0.15) is 0 Å². The first-order chi connectivity index (χ1) is 10.2. The topological polar surface area (TPSA) is 41.3 Å². The quantitative estimate of drug-likeness (QED) is 0.863. The van der Waals surface area contributed by atoms with Crippen LogP contribution in [0.5, 0.6) is 0 Å². The molecule has 3 atom stereocenters. The average molecular weight is 301 g/mol. The molecule has 2 saturated heterocycles. The molecule has 1 N–H and O–H groups in total. The van der Waals surface area contributed by atoms with Crippen molar-refractivity contribution in [1.82, 2.24) is 15.2 Å². The molecule has 2 bridgehead atoms. The van der Waals surface area contributed by atoms with E-state index in [0.29, 0.717) is 6.04 Å². The lowest BCUT2D eigenvalue weighted by Crippen LogP contribution is -2.46. The Hall–Kier alpha value is -1.46. The van der Waals surface area contributed by atoms with Crippen LogP contribution in [0.15, 0.2) is 22.8 Å². The molecular weight excluding hydrogens is 282 g/mol. The highest BCUT2D eigenvalue weighted by atomic mass is 32.1. The molecule has 0 amide bonds. The van der Waals surface area contributed by atoms with Gasteiger partial charge in [-0.25, -0.2) is 4.98 Å². The predicted molar refractivity (Wildman–Crippen MR) is 86.5 cm³/mol. The van der Waals surface area contributed by atoms with Crippen molar-refractivity contribution in [3.8, 4) is 0 Å². The lowest BCUT2D eigenvalue weighted by molar-refractivity contribution is 0.234. The van der Waals surface area contributed by atoms with E-state index in [1.54, 1.807) is 6.26 Å². The van der Waals surface area contributed by atoms with Gasteiger partial charge in [-0.15, -0.1) is 0 Å². The molecule has 4 rings (SSSR count). The second-order valence-electron chi connectivity index (χ2n) is 6.25. The van der Waals surface area contributed by atoms with E-state index in [0.717, 1.165) is 39.8 Å². The molecule has 4 nitrogen and oxygen atoms in total. The van der Waals surface area contributed by atoms with Crippen LogP contribution in [0.25, 0.3) is 11.0 Å². The highest BCUT2D eigenvalue weighted by Gasteiger charge is 2.32. The Balaban J connectivity index is 1.53. The Morgan fingerprint density at radius 2 is 2.38 bits per heavy atom. The molecule has 0 aromatic carbocycles. The zero-order valence-corrected chi connectivity index (χ0v) is 12.9. The summed E-state index contributed by atoms with van der Waals surface area (Å²) in [6.45, 7) is 5.60. The number of furan rings is 1. The monoisotopic (exact) mass is 301 g/mol. The van der Waals surface area contributed by atoms with E-state index in [9.17, 15) is 0 Å². The predicted octanol–water partition coefficient (Wildman–Crippen LogP) is 2.50. The van der Waals surface area contributed by atoms with Gasteiger partial charge in [0.15, 0.2) is 0 Å². The van der Waals surface area contributed by atoms with Crippen LogP contribution in [-0.2, 0) is 0 Å². The standard InChI is InChI=1S/C16H19N3OS/c1-10-13-3-5-20-15(13)7-14(17-10)16(21)18-12-6-11-2-4-19(8-11)9-12/h3,5,7,11-12H,2,4,6,8-9H2,1H3,(H,18,21)/t11-,12-/m1/s1. The average Bonchev–Trinajstić information content (AvgIpc) is 3.05. The number of hydrogen-bond acceptors (Lipinski definition) is 4. The largest absolute Gasteiger partial charge is 0.464 e. The van der Waals surface area contributed by atoms with Gasteiger partial charge in [0.25, 0.3) is 0 Å². The van der Waals surface area contributed by atoms with Gasteiger partial charge in [0.05, 0.1) is 6.26 Å². The van der Waals surface area contributed by atoms with Crippen molar-refractivity contribution in [2.24, 2.45) is 5.92 Å². The van der Waals surface area contributed by atoms with E-state index in [-0.39, 0.29) is 0 Å². The second-order valence-corrected chi connectivity index (χ2v) is 6.65. The molecule has 4 heterocycles. The number of nitrogens with zero attached hydrogens (tertiary/aromatic N) is 2. The second kappa shape index (κ2) is 5.07. The third-order valence-electron chi connectivity index (χ3n) is 4.68. The number of aromatic nitrogens is 1. The normalized spacial score (nSPS) is 28.0. The highest BCUT2D eigenvalue weighted by Crippen LogP contribution is 2.27. The van der Waals surface area contributed by atoms with Crippen LogP contribution < -0.4 is 5.32 Å². The maximum atomic E-state index is 5.56. The zero-order valence-electron chi connectivity index (χ0n) is 12.1. The molecular formula is C16H19N3OS. The van der Waals surface area contributed by atoms with Gasteiger partial charge in [0, 0.05) is 36.3 Å². The van der Waals surface area contributed by atoms with Crippen molar-refractivity contribution >= 4 is 28.2 Å². The van der Waals surface area contributed by atoms with E-state index < -0.39 is 0 Å². The van der Waals surface area contributed by atoms with Crippen molar-refractivity contribution in [3.63, 3.8) is 0 Å². The maximum absolute atomic E-state index is 5.56. The van der Waals surface area contributed by atoms with Crippen LogP contribution in [-0.4, -0.2) is 40.5 Å². The van der Waals surface area contributed by atoms with Crippen LogP contribution >= 0.6 is 12.2 Å². The highest BCUT2D eigenvalue weighted by molar-refractivity contribution is 7.80. The van der Waals surface area contributed by atoms with Gasteiger partial charge < -0.3 is 14.6 Å². The van der Waals surface area contributed by atoms with Gasteiger partial charge in [-0.3, -0.25) is 0 Å². The summed E-state index contributed by atoms with van der Waals surface area (Å²) in [4.78, 5) is 7.89. The summed E-state index contributed by atoms with van der Waals surface area (Å²) < 4.78 is 5.49. The SMILES string of the molecule is Cc1nc(C(=S)N[C@@H]2C[C@H]3CCN(C3)C2)cc2occc12. The summed E-state index contributed by atoms with van der Waals surface area (Å²) in [6, 6.07) is 4.34. The Morgan fingerprint density at radius 1 is 1.48 bits per heavy atom. The molecule has 2 aromatic rings. The molecule has 2 aliphatic heterocycles. The summed E-state index contributed by atoms with van der Waals surface area (Å²) in [6.07, 6.45) is 4.25. The van der Waals surface area contributed by atoms with Crippen molar-refractivity contribution in [2.75, 3.05) is 19.6 Å². The Bertz CT molecular complexity index is 684. The van der Waals surface area contributed by atoms with Gasteiger partial charge in [-0.05, 0) is 38.3 Å². The number of pyridine rings is 1. The number of nitrogens with one attached hydrogen (secondary N) is 1. The summed E-state index contributed by atoms with van der Waals surface area (Å²) in [5, 5.41) is 4.56. The molecule has 0 spiro atoms. The minimum atomic E-state index is 0.452. The lowest BCUT2D eigenvalue weighted by atomic mass is 9.97. The van der Waals surface area contributed by atoms with Gasteiger partial charge in [-0.1, -0.05) is 12.2 Å². The number of hydrogen-bond donors (Lipinski definition) is 1. The lowest BCUT2D eigenvalue weighted by Gasteiger charge is -2.31. The molecule has 0 saturated carbocycles. The molecule has 5 heteroatoms. The third kappa shape index (κ3) is 2.45. The molecule has 0 aliphatic carbocycles. The van der Waals surface area contributed by atoms with E-state index >= 15 is 0 Å². The first kappa shape index (κ1) is 13.2. The van der Waals surface area contributed by atoms with Gasteiger partial charge >= 0.3 is 0 Å². The number of thiocarbonyl (C=S) groups is 1. The van der Waals surface area contributed by atoms with Crippen LogP contribution in [0, 0.1) is 12.8 Å². The zero-order chi connectivity index (χ0) is 14.4. The fraction of sp³-hybridized carbons (Fsp3) is 0.500. The summed E-state index contributed by atoms with van der Waals surface area (Å²) in [5.41, 5.74) is 2.64. The summed E-state index contributed by atoms with van der Waals surface area (Å²) in [7, 11) is 0. The van der Waals surface area contributed by atoms with E-state index in [2.05, 4.69) is 15.2 Å². The molecule has 2 aliphatic rings. The first-order valence-electron chi connectivity index (χ1n) is 7.57. The van der Waals surface area contributed by atoms with E-state index in [4.69, 9.17) is 16.6 Å². The third-order valence-corrected chi connectivity index (χ3v) is 5.00. The molecule has 110 valence electrons. The number of aryl methyl sites for hydroxylation is 1. The van der Waals surface area contributed by atoms with Crippen molar-refractivity contribution in [2.45, 2.75) is 25.8 Å². The van der Waals surface area contributed by atoms with Gasteiger partial charge in [0.1, 0.15) is 16.3 Å².